The summed E-state index contributed by atoms with van der Waals surface area (Å²) in [4.78, 5) is 1.35. The quantitative estimate of drug-likeness (QED) is 0.867. The number of benzene rings is 1. The van der Waals surface area contributed by atoms with Crippen LogP contribution < -0.4 is 4.90 Å². The Morgan fingerprint density at radius 2 is 2.13 bits per heavy atom. The number of hydrogen-bond donors (Lipinski definition) is 1. The van der Waals surface area contributed by atoms with Gasteiger partial charge in [0.15, 0.2) is 0 Å². The van der Waals surface area contributed by atoms with E-state index in [4.69, 9.17) is 16.7 Å². The Labute approximate surface area is 92.1 Å². The summed E-state index contributed by atoms with van der Waals surface area (Å²) in [5.41, 5.74) is 1.01. The highest BCUT2D eigenvalue weighted by molar-refractivity contribution is 6.33. The summed E-state index contributed by atoms with van der Waals surface area (Å²) < 4.78 is 24.4. The third-order valence-corrected chi connectivity index (χ3v) is 2.34. The van der Waals surface area contributed by atoms with Crippen LogP contribution in [0.5, 0.6) is 0 Å². The van der Waals surface area contributed by atoms with Gasteiger partial charge in [-0.15, -0.1) is 0 Å². The Morgan fingerprint density at radius 1 is 1.47 bits per heavy atom. The molecule has 5 heteroatoms. The van der Waals surface area contributed by atoms with E-state index in [9.17, 15) is 8.78 Å². The van der Waals surface area contributed by atoms with Crippen LogP contribution in [0.4, 0.5) is 14.5 Å². The lowest BCUT2D eigenvalue weighted by molar-refractivity contribution is 0.156. The number of anilines is 1. The molecule has 0 atom stereocenters. The zero-order valence-corrected chi connectivity index (χ0v) is 9.01. The molecular weight excluding hydrogens is 224 g/mol. The van der Waals surface area contributed by atoms with E-state index in [0.29, 0.717) is 16.3 Å². The van der Waals surface area contributed by atoms with E-state index in [1.807, 2.05) is 0 Å². The van der Waals surface area contributed by atoms with Crippen molar-refractivity contribution in [3.63, 3.8) is 0 Å². The Hall–Kier alpha value is -0.870. The molecule has 0 radical (unpaired) electrons. The predicted molar refractivity (Wildman–Crippen MR) is 56.6 cm³/mol. The van der Waals surface area contributed by atoms with E-state index in [-0.39, 0.29) is 6.61 Å². The van der Waals surface area contributed by atoms with Crippen LogP contribution in [0.3, 0.4) is 0 Å². The number of aliphatic hydroxyl groups excluding tert-OH is 1. The molecule has 0 fully saturated rings. The Kier molecular flexibility index (Phi) is 4.29. The molecule has 0 aromatic heterocycles. The van der Waals surface area contributed by atoms with Gasteiger partial charge in [-0.1, -0.05) is 23.7 Å². The van der Waals surface area contributed by atoms with Crippen molar-refractivity contribution in [3.8, 4) is 0 Å². The number of halogens is 3. The molecule has 15 heavy (non-hydrogen) atoms. The first kappa shape index (κ1) is 12.2. The van der Waals surface area contributed by atoms with Gasteiger partial charge in [-0.25, -0.2) is 8.78 Å². The molecule has 0 bridgehead atoms. The van der Waals surface area contributed by atoms with Gasteiger partial charge in [0.05, 0.1) is 23.9 Å². The third-order valence-electron chi connectivity index (χ3n) is 2.03. The summed E-state index contributed by atoms with van der Waals surface area (Å²) in [6.45, 7) is -0.625. The predicted octanol–water partition coefficient (Wildman–Crippen LogP) is 2.53. The summed E-state index contributed by atoms with van der Waals surface area (Å²) in [6, 6.07) is 4.94. The summed E-state index contributed by atoms with van der Waals surface area (Å²) in [5, 5.41) is 9.42. The zero-order valence-electron chi connectivity index (χ0n) is 8.25. The van der Waals surface area contributed by atoms with Crippen molar-refractivity contribution in [2.45, 2.75) is 13.0 Å². The largest absolute Gasteiger partial charge is 0.392 e. The van der Waals surface area contributed by atoms with Gasteiger partial charge in [-0.2, -0.15) is 0 Å². The van der Waals surface area contributed by atoms with Crippen molar-refractivity contribution in [3.05, 3.63) is 28.8 Å². The second-order valence-electron chi connectivity index (χ2n) is 3.18. The van der Waals surface area contributed by atoms with Crippen LogP contribution in [0.25, 0.3) is 0 Å². The molecular formula is C10H12ClF2NO. The van der Waals surface area contributed by atoms with E-state index in [2.05, 4.69) is 0 Å². The standard InChI is InChI=1S/C10H12ClF2NO/c1-14(5-9(12)13)10-7(6-15)3-2-4-8(10)11/h2-4,9,15H,5-6H2,1H3. The summed E-state index contributed by atoms with van der Waals surface area (Å²) >= 11 is 5.89. The molecule has 1 aromatic rings. The maximum absolute atomic E-state index is 12.2. The molecule has 1 aromatic carbocycles. The molecule has 0 heterocycles. The van der Waals surface area contributed by atoms with Crippen LogP contribution in [0, 0.1) is 0 Å². The van der Waals surface area contributed by atoms with Crippen molar-refractivity contribution in [1.29, 1.82) is 0 Å². The molecule has 0 unspecified atom stereocenters. The van der Waals surface area contributed by atoms with Gasteiger partial charge in [0, 0.05) is 12.6 Å². The fourth-order valence-electron chi connectivity index (χ4n) is 1.41. The third kappa shape index (κ3) is 3.04. The first-order chi connectivity index (χ1) is 7.06. The maximum atomic E-state index is 12.2. The molecule has 0 aliphatic heterocycles. The minimum absolute atomic E-state index is 0.219. The Balaban J connectivity index is 3.00. The molecule has 0 saturated carbocycles. The normalized spacial score (nSPS) is 10.8. The lowest BCUT2D eigenvalue weighted by atomic mass is 10.1. The second-order valence-corrected chi connectivity index (χ2v) is 3.58. The van der Waals surface area contributed by atoms with E-state index < -0.39 is 13.0 Å². The Bertz CT molecular complexity index is 333. The van der Waals surface area contributed by atoms with Crippen molar-refractivity contribution in [2.24, 2.45) is 0 Å². The molecule has 2 nitrogen and oxygen atoms in total. The van der Waals surface area contributed by atoms with E-state index in [1.165, 1.54) is 11.9 Å². The Morgan fingerprint density at radius 3 is 2.67 bits per heavy atom. The van der Waals surface area contributed by atoms with Gasteiger partial charge in [-0.05, 0) is 6.07 Å². The van der Waals surface area contributed by atoms with Crippen molar-refractivity contribution in [2.75, 3.05) is 18.5 Å². The summed E-state index contributed by atoms with van der Waals surface area (Å²) in [7, 11) is 1.52. The first-order valence-corrected chi connectivity index (χ1v) is 4.81. The summed E-state index contributed by atoms with van der Waals surface area (Å²) in [5.74, 6) is 0. The van der Waals surface area contributed by atoms with Gasteiger partial charge < -0.3 is 10.0 Å². The molecule has 1 rings (SSSR count). The number of aliphatic hydroxyl groups is 1. The first-order valence-electron chi connectivity index (χ1n) is 4.43. The highest BCUT2D eigenvalue weighted by Gasteiger charge is 2.14. The molecule has 0 amide bonds. The lowest BCUT2D eigenvalue weighted by Crippen LogP contribution is -2.25. The number of alkyl halides is 2. The number of hydrogen-bond acceptors (Lipinski definition) is 2. The molecule has 0 saturated heterocycles. The van der Waals surface area contributed by atoms with Gasteiger partial charge >= 0.3 is 0 Å². The molecule has 0 aliphatic carbocycles. The van der Waals surface area contributed by atoms with Gasteiger partial charge in [0.25, 0.3) is 6.43 Å². The smallest absolute Gasteiger partial charge is 0.255 e. The molecule has 0 aliphatic rings. The van der Waals surface area contributed by atoms with Crippen LogP contribution in [-0.2, 0) is 6.61 Å². The minimum atomic E-state index is -2.43. The fraction of sp³-hybridized carbons (Fsp3) is 0.400. The van der Waals surface area contributed by atoms with Crippen LogP contribution >= 0.6 is 11.6 Å². The van der Waals surface area contributed by atoms with E-state index >= 15 is 0 Å². The van der Waals surface area contributed by atoms with E-state index in [1.54, 1.807) is 18.2 Å². The molecule has 84 valence electrons. The second kappa shape index (κ2) is 5.28. The van der Waals surface area contributed by atoms with Gasteiger partial charge in [0.2, 0.25) is 0 Å². The van der Waals surface area contributed by atoms with Crippen molar-refractivity contribution in [1.82, 2.24) is 0 Å². The number of para-hydroxylation sites is 1. The highest BCUT2D eigenvalue weighted by atomic mass is 35.5. The van der Waals surface area contributed by atoms with Crippen LogP contribution in [-0.4, -0.2) is 25.1 Å². The minimum Gasteiger partial charge on any atom is -0.392 e. The monoisotopic (exact) mass is 235 g/mol. The van der Waals surface area contributed by atoms with Crippen LogP contribution in [0.1, 0.15) is 5.56 Å². The lowest BCUT2D eigenvalue weighted by Gasteiger charge is -2.22. The molecule has 1 N–H and O–H groups in total. The SMILES string of the molecule is CN(CC(F)F)c1c(Cl)cccc1CO. The topological polar surface area (TPSA) is 23.5 Å². The van der Waals surface area contributed by atoms with Crippen LogP contribution in [0.15, 0.2) is 18.2 Å². The summed E-state index contributed by atoms with van der Waals surface area (Å²) in [6.07, 6.45) is -2.43. The average molecular weight is 236 g/mol. The maximum Gasteiger partial charge on any atom is 0.255 e. The number of nitrogens with zero attached hydrogens (tertiary/aromatic N) is 1. The highest BCUT2D eigenvalue weighted by Crippen LogP contribution is 2.29. The molecule has 0 spiro atoms. The average Bonchev–Trinajstić information content (AvgIpc) is 2.15. The van der Waals surface area contributed by atoms with Crippen molar-refractivity contribution < 1.29 is 13.9 Å². The van der Waals surface area contributed by atoms with Crippen LogP contribution in [0.2, 0.25) is 5.02 Å². The zero-order chi connectivity index (χ0) is 11.4. The van der Waals surface area contributed by atoms with Crippen molar-refractivity contribution >= 4 is 17.3 Å². The van der Waals surface area contributed by atoms with E-state index in [0.717, 1.165) is 0 Å². The number of rotatable bonds is 4. The van der Waals surface area contributed by atoms with Gasteiger partial charge in [0.1, 0.15) is 0 Å². The fourth-order valence-corrected chi connectivity index (χ4v) is 1.75. The van der Waals surface area contributed by atoms with Gasteiger partial charge in [-0.3, -0.25) is 0 Å².